The average molecular weight is 449 g/mol. The van der Waals surface area contributed by atoms with Gasteiger partial charge < -0.3 is 4.90 Å². The molecule has 150 valence electrons. The molecule has 0 radical (unpaired) electrons. The van der Waals surface area contributed by atoms with E-state index in [0.717, 1.165) is 17.1 Å². The lowest BCUT2D eigenvalue weighted by Crippen LogP contribution is -2.49. The maximum Gasteiger partial charge on any atom is 0.244 e. The quantitative estimate of drug-likeness (QED) is 0.603. The smallest absolute Gasteiger partial charge is 0.244 e. The number of piperazine rings is 1. The molecular formula is C20H18Cl2N4O2S. The second-order valence-electron chi connectivity index (χ2n) is 6.59. The van der Waals surface area contributed by atoms with Gasteiger partial charge in [0.15, 0.2) is 5.82 Å². The normalized spacial score (nSPS) is 15.4. The fourth-order valence-corrected chi connectivity index (χ4v) is 5.39. The van der Waals surface area contributed by atoms with Gasteiger partial charge in [-0.2, -0.15) is 4.31 Å². The molecule has 0 unspecified atom stereocenters. The Morgan fingerprint density at radius 2 is 1.52 bits per heavy atom. The van der Waals surface area contributed by atoms with E-state index in [1.165, 1.54) is 10.4 Å². The van der Waals surface area contributed by atoms with Crippen LogP contribution in [0.1, 0.15) is 0 Å². The van der Waals surface area contributed by atoms with Crippen LogP contribution < -0.4 is 4.90 Å². The van der Waals surface area contributed by atoms with Crippen molar-refractivity contribution in [2.75, 3.05) is 31.1 Å². The number of hydrogen-bond donors (Lipinski definition) is 0. The molecule has 3 aromatic rings. The molecule has 2 heterocycles. The Morgan fingerprint density at radius 1 is 0.793 bits per heavy atom. The first-order chi connectivity index (χ1) is 14.0. The summed E-state index contributed by atoms with van der Waals surface area (Å²) in [5.41, 5.74) is 1.80. The van der Waals surface area contributed by atoms with E-state index in [2.05, 4.69) is 10.2 Å². The zero-order valence-electron chi connectivity index (χ0n) is 15.4. The van der Waals surface area contributed by atoms with Gasteiger partial charge in [-0.15, -0.1) is 10.2 Å². The third kappa shape index (κ3) is 4.09. The van der Waals surface area contributed by atoms with Gasteiger partial charge in [0.2, 0.25) is 10.0 Å². The number of hydrogen-bond acceptors (Lipinski definition) is 5. The van der Waals surface area contributed by atoms with Crippen molar-refractivity contribution >= 4 is 39.0 Å². The van der Waals surface area contributed by atoms with E-state index in [4.69, 9.17) is 23.2 Å². The second-order valence-corrected chi connectivity index (χ2v) is 9.28. The van der Waals surface area contributed by atoms with Crippen LogP contribution in [0, 0.1) is 0 Å². The summed E-state index contributed by atoms with van der Waals surface area (Å²) in [5, 5.41) is 8.90. The van der Waals surface area contributed by atoms with E-state index >= 15 is 0 Å². The molecule has 1 fully saturated rings. The molecule has 6 nitrogen and oxygen atoms in total. The highest BCUT2D eigenvalue weighted by Gasteiger charge is 2.31. The molecule has 2 aromatic carbocycles. The first-order valence-electron chi connectivity index (χ1n) is 9.05. The van der Waals surface area contributed by atoms with Gasteiger partial charge in [0.1, 0.15) is 4.90 Å². The van der Waals surface area contributed by atoms with Crippen molar-refractivity contribution in [1.82, 2.24) is 14.5 Å². The maximum atomic E-state index is 12.9. The first kappa shape index (κ1) is 20.1. The van der Waals surface area contributed by atoms with Crippen molar-refractivity contribution in [2.24, 2.45) is 0 Å². The molecule has 0 spiro atoms. The fourth-order valence-electron chi connectivity index (χ4n) is 3.24. The minimum atomic E-state index is -3.71. The molecular weight excluding hydrogens is 431 g/mol. The second kappa shape index (κ2) is 8.28. The van der Waals surface area contributed by atoms with Crippen LogP contribution in [0.3, 0.4) is 0 Å². The van der Waals surface area contributed by atoms with Crippen molar-refractivity contribution in [3.8, 4) is 11.3 Å². The molecule has 1 aliphatic rings. The largest absolute Gasteiger partial charge is 0.352 e. The van der Waals surface area contributed by atoms with E-state index in [1.54, 1.807) is 12.1 Å². The zero-order chi connectivity index (χ0) is 20.4. The monoisotopic (exact) mass is 448 g/mol. The van der Waals surface area contributed by atoms with Crippen LogP contribution in [-0.4, -0.2) is 49.1 Å². The van der Waals surface area contributed by atoms with Crippen LogP contribution in [0.4, 0.5) is 5.82 Å². The molecule has 0 aliphatic carbocycles. The Hall–Kier alpha value is -2.19. The number of aromatic nitrogens is 2. The van der Waals surface area contributed by atoms with E-state index in [0.29, 0.717) is 26.2 Å². The third-order valence-electron chi connectivity index (χ3n) is 4.82. The summed E-state index contributed by atoms with van der Waals surface area (Å²) in [4.78, 5) is 2.06. The van der Waals surface area contributed by atoms with Crippen LogP contribution in [0.2, 0.25) is 10.0 Å². The Balaban J connectivity index is 1.46. The highest BCUT2D eigenvalue weighted by atomic mass is 35.5. The summed E-state index contributed by atoms with van der Waals surface area (Å²) in [5.74, 6) is 0.725. The van der Waals surface area contributed by atoms with Gasteiger partial charge in [0.25, 0.3) is 0 Å². The molecule has 0 N–H and O–H groups in total. The summed E-state index contributed by atoms with van der Waals surface area (Å²) in [6.45, 7) is 1.67. The Kier molecular flexibility index (Phi) is 5.74. The van der Waals surface area contributed by atoms with Crippen LogP contribution in [0.15, 0.2) is 65.6 Å². The summed E-state index contributed by atoms with van der Waals surface area (Å²) >= 11 is 12.1. The first-order valence-corrected chi connectivity index (χ1v) is 11.2. The van der Waals surface area contributed by atoms with E-state index in [-0.39, 0.29) is 14.9 Å². The van der Waals surface area contributed by atoms with Crippen LogP contribution in [-0.2, 0) is 10.0 Å². The molecule has 1 aliphatic heterocycles. The van der Waals surface area contributed by atoms with Gasteiger partial charge in [-0.25, -0.2) is 8.42 Å². The van der Waals surface area contributed by atoms with E-state index < -0.39 is 10.0 Å². The summed E-state index contributed by atoms with van der Waals surface area (Å²) in [6.07, 6.45) is 0. The van der Waals surface area contributed by atoms with Crippen molar-refractivity contribution in [2.45, 2.75) is 4.90 Å². The van der Waals surface area contributed by atoms with Gasteiger partial charge in [-0.1, -0.05) is 59.6 Å². The van der Waals surface area contributed by atoms with Crippen molar-refractivity contribution < 1.29 is 8.42 Å². The lowest BCUT2D eigenvalue weighted by atomic mass is 10.1. The summed E-state index contributed by atoms with van der Waals surface area (Å²) in [7, 11) is -3.71. The van der Waals surface area contributed by atoms with Gasteiger partial charge in [0, 0.05) is 31.7 Å². The highest BCUT2D eigenvalue weighted by Crippen LogP contribution is 2.31. The standard InChI is InChI=1S/C20H18Cl2N4O2S/c21-16-7-4-8-18(20(16)22)29(27,28)26-13-11-25(12-14-26)19-10-9-17(23-24-19)15-5-2-1-3-6-15/h1-10H,11-14H2. The maximum absolute atomic E-state index is 12.9. The SMILES string of the molecule is O=S(=O)(c1cccc(Cl)c1Cl)N1CCN(c2ccc(-c3ccccc3)nn2)CC1. The van der Waals surface area contributed by atoms with Crippen LogP contribution >= 0.6 is 23.2 Å². The molecule has 0 atom stereocenters. The average Bonchev–Trinajstić information content (AvgIpc) is 2.76. The lowest BCUT2D eigenvalue weighted by Gasteiger charge is -2.34. The van der Waals surface area contributed by atoms with E-state index in [1.807, 2.05) is 47.4 Å². The number of anilines is 1. The topological polar surface area (TPSA) is 66.4 Å². The van der Waals surface area contributed by atoms with Crippen molar-refractivity contribution in [1.29, 1.82) is 0 Å². The van der Waals surface area contributed by atoms with Gasteiger partial charge >= 0.3 is 0 Å². The summed E-state index contributed by atoms with van der Waals surface area (Å²) in [6, 6.07) is 18.3. The Bertz CT molecular complexity index is 1100. The number of rotatable bonds is 4. The zero-order valence-corrected chi connectivity index (χ0v) is 17.7. The van der Waals surface area contributed by atoms with Gasteiger partial charge in [-0.05, 0) is 24.3 Å². The fraction of sp³-hybridized carbons (Fsp3) is 0.200. The van der Waals surface area contributed by atoms with Crippen LogP contribution in [0.5, 0.6) is 0 Å². The minimum Gasteiger partial charge on any atom is -0.352 e. The number of nitrogens with zero attached hydrogens (tertiary/aromatic N) is 4. The van der Waals surface area contributed by atoms with Crippen molar-refractivity contribution in [3.63, 3.8) is 0 Å². The predicted molar refractivity (Wildman–Crippen MR) is 115 cm³/mol. The third-order valence-corrected chi connectivity index (χ3v) is 7.69. The van der Waals surface area contributed by atoms with Crippen LogP contribution in [0.25, 0.3) is 11.3 Å². The van der Waals surface area contributed by atoms with Gasteiger partial charge in [0.05, 0.1) is 15.7 Å². The number of sulfonamides is 1. The molecule has 1 saturated heterocycles. The highest BCUT2D eigenvalue weighted by molar-refractivity contribution is 7.89. The van der Waals surface area contributed by atoms with Gasteiger partial charge in [-0.3, -0.25) is 0 Å². The molecule has 29 heavy (non-hydrogen) atoms. The van der Waals surface area contributed by atoms with Crippen molar-refractivity contribution in [3.05, 3.63) is 70.7 Å². The predicted octanol–water partition coefficient (Wildman–Crippen LogP) is 3.96. The molecule has 9 heteroatoms. The summed E-state index contributed by atoms with van der Waals surface area (Å²) < 4.78 is 27.3. The Morgan fingerprint density at radius 3 is 2.17 bits per heavy atom. The molecule has 0 saturated carbocycles. The minimum absolute atomic E-state index is 0.0344. The molecule has 4 rings (SSSR count). The molecule has 1 aromatic heterocycles. The lowest BCUT2D eigenvalue weighted by molar-refractivity contribution is 0.383. The van der Waals surface area contributed by atoms with E-state index in [9.17, 15) is 8.42 Å². The Labute approximate surface area is 179 Å². The molecule has 0 bridgehead atoms. The molecule has 0 amide bonds. The number of halogens is 2. The number of benzene rings is 2.